The minimum absolute atomic E-state index is 0.0247. The Labute approximate surface area is 197 Å². The molecule has 2 unspecified atom stereocenters. The van der Waals surface area contributed by atoms with Crippen molar-refractivity contribution in [1.29, 1.82) is 5.53 Å². The Kier molecular flexibility index (Phi) is 7.44. The summed E-state index contributed by atoms with van der Waals surface area (Å²) in [6.07, 6.45) is 0.142. The molecule has 0 saturated carbocycles. The average Bonchev–Trinajstić information content (AvgIpc) is 3.21. The van der Waals surface area contributed by atoms with Gasteiger partial charge in [0.05, 0.1) is 24.6 Å². The van der Waals surface area contributed by atoms with Crippen LogP contribution in [0.3, 0.4) is 0 Å². The van der Waals surface area contributed by atoms with E-state index in [1.54, 1.807) is 0 Å². The third-order valence-corrected chi connectivity index (χ3v) is 6.14. The first kappa shape index (κ1) is 25.0. The molecule has 0 aliphatic carbocycles. The molecule has 10 heteroatoms. The van der Waals surface area contributed by atoms with E-state index in [4.69, 9.17) is 11.3 Å². The van der Waals surface area contributed by atoms with Crippen LogP contribution in [-0.2, 0) is 20.8 Å². The minimum atomic E-state index is -1.42. The van der Waals surface area contributed by atoms with Gasteiger partial charge < -0.3 is 25.9 Å². The number of carboxylic acid groups (broad SMARTS) is 1. The quantitative estimate of drug-likeness (QED) is 0.399. The van der Waals surface area contributed by atoms with Crippen LogP contribution in [0.2, 0.25) is 0 Å². The number of carbonyl (C=O) groups is 3. The van der Waals surface area contributed by atoms with E-state index in [2.05, 4.69) is 15.3 Å². The molecule has 1 heterocycles. The molecule has 3 rings (SSSR count). The Balaban J connectivity index is 1.79. The minimum Gasteiger partial charge on any atom is -0.548 e. The summed E-state index contributed by atoms with van der Waals surface area (Å²) < 4.78 is 0. The van der Waals surface area contributed by atoms with Gasteiger partial charge in [-0.25, -0.2) is 0 Å². The number of nitrogens with zero attached hydrogens (tertiary/aromatic N) is 3. The molecule has 4 N–H and O–H groups in total. The van der Waals surface area contributed by atoms with Crippen molar-refractivity contribution >= 4 is 28.6 Å². The second kappa shape index (κ2) is 10.1. The smallest absolute Gasteiger partial charge is 0.243 e. The van der Waals surface area contributed by atoms with Gasteiger partial charge in [0.2, 0.25) is 16.7 Å². The van der Waals surface area contributed by atoms with Crippen LogP contribution >= 0.6 is 0 Å². The van der Waals surface area contributed by atoms with Gasteiger partial charge in [0, 0.05) is 6.42 Å². The largest absolute Gasteiger partial charge is 0.548 e. The van der Waals surface area contributed by atoms with Crippen LogP contribution in [0.1, 0.15) is 32.8 Å². The first-order chi connectivity index (χ1) is 16.0. The van der Waals surface area contributed by atoms with Gasteiger partial charge in [0.15, 0.2) is 6.04 Å². The molecule has 1 aliphatic heterocycles. The first-order valence-corrected chi connectivity index (χ1v) is 11.1. The van der Waals surface area contributed by atoms with Gasteiger partial charge in [0.25, 0.3) is 0 Å². The van der Waals surface area contributed by atoms with Gasteiger partial charge in [-0.1, -0.05) is 63.2 Å². The monoisotopic (exact) mass is 466 g/mol. The Bertz CT molecular complexity index is 1140. The molecule has 2 amide bonds. The number of carbonyl (C=O) groups excluding carboxylic acids is 3. The molecule has 180 valence electrons. The highest BCUT2D eigenvalue weighted by molar-refractivity contribution is 5.92. The van der Waals surface area contributed by atoms with Crippen molar-refractivity contribution in [2.75, 3.05) is 6.54 Å². The van der Waals surface area contributed by atoms with Crippen LogP contribution in [0, 0.1) is 10.9 Å². The summed E-state index contributed by atoms with van der Waals surface area (Å²) in [7, 11) is 0. The predicted octanol–water partition coefficient (Wildman–Crippen LogP) is 0.510. The molecular formula is C24H30N6O4. The number of hydrogen-bond donors (Lipinski definition) is 3. The number of benzene rings is 2. The molecule has 1 fully saturated rings. The van der Waals surface area contributed by atoms with E-state index in [1.165, 1.54) is 4.90 Å². The van der Waals surface area contributed by atoms with Crippen LogP contribution in [0.4, 0.5) is 0 Å². The summed E-state index contributed by atoms with van der Waals surface area (Å²) in [5, 5.41) is 20.1. The fraction of sp³-hybridized carbons (Fsp3) is 0.458. The lowest BCUT2D eigenvalue weighted by molar-refractivity contribution is -0.308. The van der Waals surface area contributed by atoms with Crippen molar-refractivity contribution < 1.29 is 19.5 Å². The molecule has 2 aromatic rings. The fourth-order valence-electron chi connectivity index (χ4n) is 4.08. The average molecular weight is 467 g/mol. The molecule has 0 spiro atoms. The summed E-state index contributed by atoms with van der Waals surface area (Å²) in [4.78, 5) is 42.4. The molecule has 1 saturated heterocycles. The predicted molar refractivity (Wildman–Crippen MR) is 123 cm³/mol. The third kappa shape index (κ3) is 5.65. The second-order valence-corrected chi connectivity index (χ2v) is 9.72. The molecule has 0 aromatic heterocycles. The van der Waals surface area contributed by atoms with Crippen molar-refractivity contribution in [3.63, 3.8) is 0 Å². The molecule has 34 heavy (non-hydrogen) atoms. The SMILES string of the molecule is CC(C)(C)C(N)C(=O)N1C[C@@H](N=[N+]=N)C[C@H]1C(=O)NC(Cc1ccc2ccccc2c1)C(=O)[O-]. The van der Waals surface area contributed by atoms with Crippen LogP contribution in [-0.4, -0.2) is 53.4 Å². The number of carboxylic acids is 1. The number of hydrogen-bond acceptors (Lipinski definition) is 7. The fourth-order valence-corrected chi connectivity index (χ4v) is 4.08. The van der Waals surface area contributed by atoms with Crippen molar-refractivity contribution in [3.05, 3.63) is 48.0 Å². The van der Waals surface area contributed by atoms with E-state index in [-0.39, 0.29) is 19.4 Å². The highest BCUT2D eigenvalue weighted by Gasteiger charge is 2.45. The Morgan fingerprint density at radius 2 is 1.91 bits per heavy atom. The maximum Gasteiger partial charge on any atom is 0.243 e. The van der Waals surface area contributed by atoms with Crippen LogP contribution in [0.15, 0.2) is 47.6 Å². The summed E-state index contributed by atoms with van der Waals surface area (Å²) in [6, 6.07) is 9.56. The van der Waals surface area contributed by atoms with Crippen LogP contribution in [0.25, 0.3) is 10.8 Å². The van der Waals surface area contributed by atoms with E-state index in [0.717, 1.165) is 16.3 Å². The molecule has 2 aromatic carbocycles. The number of likely N-dealkylation sites (tertiary alicyclic amines) is 1. The Morgan fingerprint density at radius 1 is 1.24 bits per heavy atom. The summed E-state index contributed by atoms with van der Waals surface area (Å²) in [5.41, 5.74) is 13.3. The molecule has 0 bridgehead atoms. The highest BCUT2D eigenvalue weighted by Crippen LogP contribution is 2.26. The number of rotatable bonds is 7. The van der Waals surface area contributed by atoms with Gasteiger partial charge in [-0.05, 0) is 28.2 Å². The number of amides is 2. The number of nitrogens with one attached hydrogen (secondary N) is 2. The lowest BCUT2D eigenvalue weighted by Gasteiger charge is -2.33. The van der Waals surface area contributed by atoms with Crippen molar-refractivity contribution in [2.45, 2.75) is 57.8 Å². The molecule has 4 atom stereocenters. The van der Waals surface area contributed by atoms with E-state index >= 15 is 0 Å². The summed E-state index contributed by atoms with van der Waals surface area (Å²) in [6.45, 7) is 5.52. The van der Waals surface area contributed by atoms with Crippen LogP contribution in [0.5, 0.6) is 0 Å². The maximum atomic E-state index is 13.1. The van der Waals surface area contributed by atoms with Gasteiger partial charge in [-0.2, -0.15) is 0 Å². The normalized spacial score (nSPS) is 19.8. The van der Waals surface area contributed by atoms with Crippen molar-refractivity contribution in [1.82, 2.24) is 15.1 Å². The van der Waals surface area contributed by atoms with Gasteiger partial charge in [-0.15, -0.1) is 0 Å². The zero-order valence-electron chi connectivity index (χ0n) is 19.5. The standard InChI is InChI=1S/C24H30N6O4/c1-24(2,3)20(25)22(32)30-13-17(28-29-26)12-19(30)21(31)27-18(23(33)34)11-14-8-9-15-6-4-5-7-16(15)10-14/h4-10,17-20,26H,11-13,25H2,1-3H3,(H-,27,31,33,34)/t17-,18?,19-,20?/m0/s1. The van der Waals surface area contributed by atoms with E-state index in [1.807, 2.05) is 63.2 Å². The van der Waals surface area contributed by atoms with Gasteiger partial charge >= 0.3 is 0 Å². The second-order valence-electron chi connectivity index (χ2n) is 9.72. The lowest BCUT2D eigenvalue weighted by atomic mass is 9.86. The molecule has 0 radical (unpaired) electrons. The maximum absolute atomic E-state index is 13.1. The Hall–Kier alpha value is -3.62. The summed E-state index contributed by atoms with van der Waals surface area (Å²) >= 11 is 0. The van der Waals surface area contributed by atoms with Crippen molar-refractivity contribution in [2.24, 2.45) is 16.3 Å². The highest BCUT2D eigenvalue weighted by atomic mass is 16.4. The topological polar surface area (TPSA) is 166 Å². The molecule has 1 aliphatic rings. The zero-order valence-corrected chi connectivity index (χ0v) is 19.5. The number of aliphatic carboxylic acids is 1. The van der Waals surface area contributed by atoms with Crippen LogP contribution < -0.4 is 21.1 Å². The lowest BCUT2D eigenvalue weighted by Crippen LogP contribution is -2.57. The van der Waals surface area contributed by atoms with Gasteiger partial charge in [-0.3, -0.25) is 9.59 Å². The Morgan fingerprint density at radius 3 is 2.53 bits per heavy atom. The molecular weight excluding hydrogens is 436 g/mol. The summed E-state index contributed by atoms with van der Waals surface area (Å²) in [5.74, 6) is -2.49. The van der Waals surface area contributed by atoms with E-state index in [9.17, 15) is 19.5 Å². The number of nitrogens with two attached hydrogens (primary N) is 1. The first-order valence-electron chi connectivity index (χ1n) is 11.1. The van der Waals surface area contributed by atoms with Gasteiger partial charge in [0.1, 0.15) is 16.7 Å². The van der Waals surface area contributed by atoms with E-state index in [0.29, 0.717) is 0 Å². The number of fused-ring (bicyclic) bond motifs is 1. The van der Waals surface area contributed by atoms with E-state index < -0.39 is 47.4 Å². The van der Waals surface area contributed by atoms with Crippen molar-refractivity contribution in [3.8, 4) is 0 Å². The zero-order chi connectivity index (χ0) is 25.0. The molecule has 10 nitrogen and oxygen atoms in total. The third-order valence-electron chi connectivity index (χ3n) is 6.14.